The maximum Gasteiger partial charge on any atom is 0.322 e. The van der Waals surface area contributed by atoms with Crippen molar-refractivity contribution >= 4 is 44.6 Å². The predicted octanol–water partition coefficient (Wildman–Crippen LogP) is 1.62. The lowest BCUT2D eigenvalue weighted by Crippen LogP contribution is -2.40. The van der Waals surface area contributed by atoms with Crippen LogP contribution in [0.25, 0.3) is 0 Å². The fourth-order valence-corrected chi connectivity index (χ4v) is 4.09. The fourth-order valence-electron chi connectivity index (χ4n) is 1.21. The van der Waals surface area contributed by atoms with Crippen molar-refractivity contribution in [3.63, 3.8) is 0 Å². The van der Waals surface area contributed by atoms with E-state index < -0.39 is 36.9 Å². The van der Waals surface area contributed by atoms with Crippen LogP contribution in [0.4, 0.5) is 5.69 Å². The molecule has 1 atom stereocenters. The second kappa shape index (κ2) is 6.31. The zero-order chi connectivity index (χ0) is 15.5. The highest BCUT2D eigenvalue weighted by atomic mass is 35.5. The molecule has 0 saturated heterocycles. The zero-order valence-electron chi connectivity index (χ0n) is 9.78. The summed E-state index contributed by atoms with van der Waals surface area (Å²) in [5, 5.41) is 19.5. The van der Waals surface area contributed by atoms with Gasteiger partial charge in [0.05, 0.1) is 4.92 Å². The number of nitrogens with one attached hydrogen (secondary N) is 1. The maximum atomic E-state index is 11.9. The van der Waals surface area contributed by atoms with E-state index in [1.165, 1.54) is 6.08 Å². The Kier molecular flexibility index (Phi) is 5.22. The van der Waals surface area contributed by atoms with Gasteiger partial charge in [-0.1, -0.05) is 17.7 Å². The summed E-state index contributed by atoms with van der Waals surface area (Å²) in [6.45, 7) is 3.32. The summed E-state index contributed by atoms with van der Waals surface area (Å²) in [4.78, 5) is 20.7. The molecule has 0 amide bonds. The Morgan fingerprint density at radius 2 is 2.30 bits per heavy atom. The topological polar surface area (TPSA) is 127 Å². The second-order valence-electron chi connectivity index (χ2n) is 3.52. The van der Waals surface area contributed by atoms with Gasteiger partial charge in [-0.3, -0.25) is 14.9 Å². The molecule has 1 unspecified atom stereocenters. The van der Waals surface area contributed by atoms with Crippen LogP contribution in [0.15, 0.2) is 22.9 Å². The number of nitrogens with zero attached hydrogens (tertiary/aromatic N) is 1. The average Bonchev–Trinajstić information content (AvgIpc) is 2.71. The van der Waals surface area contributed by atoms with E-state index in [1.807, 2.05) is 4.72 Å². The molecule has 1 heterocycles. The molecular weight excluding hydrogens is 332 g/mol. The van der Waals surface area contributed by atoms with Crippen LogP contribution in [0.3, 0.4) is 0 Å². The number of carboxylic acid groups (broad SMARTS) is 1. The van der Waals surface area contributed by atoms with E-state index in [0.717, 1.165) is 6.07 Å². The minimum absolute atomic E-state index is 0.129. The number of carboxylic acids is 1. The molecule has 11 heteroatoms. The van der Waals surface area contributed by atoms with E-state index in [1.54, 1.807) is 0 Å². The Morgan fingerprint density at radius 1 is 1.70 bits per heavy atom. The van der Waals surface area contributed by atoms with E-state index in [4.69, 9.17) is 16.7 Å². The van der Waals surface area contributed by atoms with Crippen molar-refractivity contribution in [3.05, 3.63) is 33.2 Å². The van der Waals surface area contributed by atoms with Gasteiger partial charge in [-0.2, -0.15) is 4.72 Å². The van der Waals surface area contributed by atoms with E-state index >= 15 is 0 Å². The molecule has 8 nitrogen and oxygen atoms in total. The number of thiophene rings is 1. The summed E-state index contributed by atoms with van der Waals surface area (Å²) < 4.78 is 25.1. The van der Waals surface area contributed by atoms with Crippen LogP contribution in [-0.2, 0) is 14.8 Å². The zero-order valence-corrected chi connectivity index (χ0v) is 12.2. The van der Waals surface area contributed by atoms with Crippen LogP contribution < -0.4 is 4.72 Å². The van der Waals surface area contributed by atoms with E-state index in [2.05, 4.69) is 6.58 Å². The number of hydrogen-bond donors (Lipinski definition) is 2. The van der Waals surface area contributed by atoms with Gasteiger partial charge < -0.3 is 5.11 Å². The largest absolute Gasteiger partial charge is 0.480 e. The number of rotatable bonds is 7. The highest BCUT2D eigenvalue weighted by Crippen LogP contribution is 2.36. The SMILES string of the molecule is C=CCC(NS(=O)(=O)c1cc([N+](=O)[O-])c(Cl)s1)C(=O)O. The fraction of sp³-hybridized carbons (Fsp3) is 0.222. The first-order chi connectivity index (χ1) is 9.19. The van der Waals surface area contributed by atoms with Gasteiger partial charge in [0.1, 0.15) is 10.3 Å². The van der Waals surface area contributed by atoms with E-state index in [9.17, 15) is 23.3 Å². The molecule has 20 heavy (non-hydrogen) atoms. The molecular formula is C9H9ClN2O6S2. The molecule has 110 valence electrons. The van der Waals surface area contributed by atoms with Crippen LogP contribution in [0.1, 0.15) is 6.42 Å². The van der Waals surface area contributed by atoms with Crippen LogP contribution in [-0.4, -0.2) is 30.5 Å². The first-order valence-electron chi connectivity index (χ1n) is 4.98. The summed E-state index contributed by atoms with van der Waals surface area (Å²) in [5.41, 5.74) is -0.548. The van der Waals surface area contributed by atoms with Gasteiger partial charge in [-0.25, -0.2) is 8.42 Å². The van der Waals surface area contributed by atoms with Gasteiger partial charge in [0, 0.05) is 6.07 Å². The monoisotopic (exact) mass is 340 g/mol. The Bertz CT molecular complexity index is 653. The summed E-state index contributed by atoms with van der Waals surface area (Å²) >= 11 is 6.03. The van der Waals surface area contributed by atoms with Crippen LogP contribution in [0.5, 0.6) is 0 Å². The quantitative estimate of drug-likeness (QED) is 0.441. The van der Waals surface area contributed by atoms with Gasteiger partial charge in [0.15, 0.2) is 4.34 Å². The number of nitro groups is 1. The summed E-state index contributed by atoms with van der Waals surface area (Å²) in [7, 11) is -4.21. The third-order valence-electron chi connectivity index (χ3n) is 2.11. The molecule has 1 aromatic rings. The van der Waals surface area contributed by atoms with Crippen LogP contribution in [0, 0.1) is 10.1 Å². The lowest BCUT2D eigenvalue weighted by Gasteiger charge is -2.11. The first-order valence-corrected chi connectivity index (χ1v) is 7.66. The molecule has 0 aliphatic carbocycles. The summed E-state index contributed by atoms with van der Waals surface area (Å²) in [6.07, 6.45) is 1.11. The Morgan fingerprint density at radius 3 is 2.70 bits per heavy atom. The third kappa shape index (κ3) is 3.76. The van der Waals surface area contributed by atoms with Crippen molar-refractivity contribution in [3.8, 4) is 0 Å². The Hall–Kier alpha value is -1.49. The normalized spacial score (nSPS) is 12.8. The lowest BCUT2D eigenvalue weighted by atomic mass is 10.2. The standard InChI is InChI=1S/C9H9ClN2O6S2/c1-2-3-5(9(13)14)11-20(17,18)7-4-6(12(15)16)8(10)19-7/h2,4-5,11H,1,3H2,(H,13,14). The summed E-state index contributed by atoms with van der Waals surface area (Å²) in [6, 6.07) is -0.625. The van der Waals surface area contributed by atoms with Crippen molar-refractivity contribution in [2.24, 2.45) is 0 Å². The van der Waals surface area contributed by atoms with Gasteiger partial charge in [-0.15, -0.1) is 17.9 Å². The van der Waals surface area contributed by atoms with E-state index in [-0.39, 0.29) is 10.8 Å². The highest BCUT2D eigenvalue weighted by molar-refractivity contribution is 7.91. The highest BCUT2D eigenvalue weighted by Gasteiger charge is 2.29. The van der Waals surface area contributed by atoms with Crippen molar-refractivity contribution in [1.82, 2.24) is 4.72 Å². The molecule has 0 aromatic carbocycles. The Labute approximate surface area is 122 Å². The number of hydrogen-bond acceptors (Lipinski definition) is 6. The van der Waals surface area contributed by atoms with E-state index in [0.29, 0.717) is 11.3 Å². The minimum Gasteiger partial charge on any atom is -0.480 e. The molecule has 1 aromatic heterocycles. The van der Waals surface area contributed by atoms with Gasteiger partial charge in [0.2, 0.25) is 0 Å². The third-order valence-corrected chi connectivity index (χ3v) is 5.39. The van der Waals surface area contributed by atoms with Gasteiger partial charge >= 0.3 is 5.97 Å². The molecule has 0 spiro atoms. The predicted molar refractivity (Wildman–Crippen MR) is 72.5 cm³/mol. The number of carbonyl (C=O) groups is 1. The summed E-state index contributed by atoms with van der Waals surface area (Å²) in [5.74, 6) is -1.38. The molecule has 0 aliphatic rings. The second-order valence-corrected chi connectivity index (χ2v) is 7.11. The minimum atomic E-state index is -4.21. The molecule has 2 N–H and O–H groups in total. The molecule has 0 bridgehead atoms. The molecule has 1 rings (SSSR count). The molecule has 0 aliphatic heterocycles. The lowest BCUT2D eigenvalue weighted by molar-refractivity contribution is -0.384. The molecule has 0 radical (unpaired) electrons. The van der Waals surface area contributed by atoms with Crippen molar-refractivity contribution in [2.75, 3.05) is 0 Å². The van der Waals surface area contributed by atoms with Crippen molar-refractivity contribution in [2.45, 2.75) is 16.7 Å². The smallest absolute Gasteiger partial charge is 0.322 e. The van der Waals surface area contributed by atoms with Gasteiger partial charge in [0.25, 0.3) is 15.7 Å². The maximum absolute atomic E-state index is 11.9. The van der Waals surface area contributed by atoms with Crippen LogP contribution >= 0.6 is 22.9 Å². The Balaban J connectivity index is 3.10. The number of halogens is 1. The average molecular weight is 341 g/mol. The van der Waals surface area contributed by atoms with Crippen molar-refractivity contribution in [1.29, 1.82) is 0 Å². The molecule has 0 saturated carbocycles. The van der Waals surface area contributed by atoms with Crippen molar-refractivity contribution < 1.29 is 23.2 Å². The van der Waals surface area contributed by atoms with Crippen LogP contribution in [0.2, 0.25) is 4.34 Å². The molecule has 0 fully saturated rings. The number of sulfonamides is 1. The number of aliphatic carboxylic acids is 1. The first kappa shape index (κ1) is 16.6. The van der Waals surface area contributed by atoms with Gasteiger partial charge in [-0.05, 0) is 6.42 Å².